The lowest BCUT2D eigenvalue weighted by atomic mass is 10.2. The lowest BCUT2D eigenvalue weighted by Crippen LogP contribution is -2.30. The second-order valence-corrected chi connectivity index (χ2v) is 6.91. The van der Waals surface area contributed by atoms with Crippen molar-refractivity contribution in [3.8, 4) is 0 Å². The van der Waals surface area contributed by atoms with Crippen LogP contribution >= 0.6 is 0 Å². The van der Waals surface area contributed by atoms with Crippen molar-refractivity contribution in [2.75, 3.05) is 12.3 Å². The Morgan fingerprint density at radius 1 is 1.28 bits per heavy atom. The molecule has 1 atom stereocenters. The van der Waals surface area contributed by atoms with Crippen molar-refractivity contribution in [2.45, 2.75) is 24.6 Å². The Bertz CT molecular complexity index is 531. The number of hydrogen-bond acceptors (Lipinski definition) is 3. The van der Waals surface area contributed by atoms with Crippen LogP contribution in [0.1, 0.15) is 18.4 Å². The maximum absolute atomic E-state index is 12.9. The van der Waals surface area contributed by atoms with E-state index in [1.807, 2.05) is 0 Å². The third kappa shape index (κ3) is 3.05. The summed E-state index contributed by atoms with van der Waals surface area (Å²) in [5.41, 5.74) is 0.601. The first-order valence-corrected chi connectivity index (χ1v) is 7.57. The lowest BCUT2D eigenvalue weighted by molar-refractivity contribution is 0.505. The first kappa shape index (κ1) is 13.4. The molecule has 1 aromatic rings. The van der Waals surface area contributed by atoms with Gasteiger partial charge in [0.1, 0.15) is 0 Å². The van der Waals surface area contributed by atoms with Crippen molar-refractivity contribution in [1.29, 1.82) is 0 Å². The first-order valence-electron chi connectivity index (χ1n) is 5.85. The number of rotatable bonds is 4. The normalized spacial score (nSPS) is 22.2. The largest absolute Gasteiger partial charge is 0.311 e. The maximum atomic E-state index is 12.9. The van der Waals surface area contributed by atoms with Crippen LogP contribution in [0, 0.1) is 11.6 Å². The standard InChI is InChI=1S/C12H15F2NO2S/c13-11-4-3-9(6-12(11)14)7-15-8-10-2-1-5-18(10,16)17/h3-4,6,10,15H,1-2,5,7-8H2. The molecule has 0 aliphatic carbocycles. The summed E-state index contributed by atoms with van der Waals surface area (Å²) in [5.74, 6) is -1.51. The van der Waals surface area contributed by atoms with Crippen molar-refractivity contribution in [3.63, 3.8) is 0 Å². The lowest BCUT2D eigenvalue weighted by Gasteiger charge is -2.10. The van der Waals surface area contributed by atoms with Gasteiger partial charge in [-0.2, -0.15) is 0 Å². The molecular weight excluding hydrogens is 260 g/mol. The van der Waals surface area contributed by atoms with Crippen LogP contribution in [-0.2, 0) is 16.4 Å². The van der Waals surface area contributed by atoms with Gasteiger partial charge in [-0.15, -0.1) is 0 Å². The van der Waals surface area contributed by atoms with Gasteiger partial charge in [-0.1, -0.05) is 6.07 Å². The Kier molecular flexibility index (Phi) is 3.97. The van der Waals surface area contributed by atoms with Crippen LogP contribution in [0.5, 0.6) is 0 Å². The molecule has 3 nitrogen and oxygen atoms in total. The average Bonchev–Trinajstić information content (AvgIpc) is 2.63. The van der Waals surface area contributed by atoms with E-state index in [-0.39, 0.29) is 11.0 Å². The van der Waals surface area contributed by atoms with Gasteiger partial charge in [0.15, 0.2) is 21.5 Å². The molecule has 1 unspecified atom stereocenters. The fraction of sp³-hybridized carbons (Fsp3) is 0.500. The molecule has 2 rings (SSSR count). The molecule has 1 saturated heterocycles. The van der Waals surface area contributed by atoms with Crippen LogP contribution in [0.2, 0.25) is 0 Å². The molecule has 1 aromatic carbocycles. The molecule has 0 saturated carbocycles. The monoisotopic (exact) mass is 275 g/mol. The van der Waals surface area contributed by atoms with E-state index >= 15 is 0 Å². The van der Waals surface area contributed by atoms with Gasteiger partial charge in [0.05, 0.1) is 11.0 Å². The van der Waals surface area contributed by atoms with E-state index in [9.17, 15) is 17.2 Å². The van der Waals surface area contributed by atoms with Crippen molar-refractivity contribution < 1.29 is 17.2 Å². The average molecular weight is 275 g/mol. The van der Waals surface area contributed by atoms with Gasteiger partial charge in [0, 0.05) is 13.1 Å². The molecule has 100 valence electrons. The minimum absolute atomic E-state index is 0.254. The van der Waals surface area contributed by atoms with Crippen molar-refractivity contribution in [2.24, 2.45) is 0 Å². The molecule has 1 aliphatic heterocycles. The van der Waals surface area contributed by atoms with Crippen LogP contribution in [0.3, 0.4) is 0 Å². The van der Waals surface area contributed by atoms with Crippen LogP contribution in [0.25, 0.3) is 0 Å². The molecule has 0 amide bonds. The minimum Gasteiger partial charge on any atom is -0.311 e. The highest BCUT2D eigenvalue weighted by atomic mass is 32.2. The summed E-state index contributed by atoms with van der Waals surface area (Å²) >= 11 is 0. The smallest absolute Gasteiger partial charge is 0.159 e. The van der Waals surface area contributed by atoms with Gasteiger partial charge in [0.2, 0.25) is 0 Å². The summed E-state index contributed by atoms with van der Waals surface area (Å²) in [5, 5.41) is 2.63. The second kappa shape index (κ2) is 5.32. The summed E-state index contributed by atoms with van der Waals surface area (Å²) in [6, 6.07) is 3.67. The summed E-state index contributed by atoms with van der Waals surface area (Å²) < 4.78 is 48.7. The van der Waals surface area contributed by atoms with Crippen molar-refractivity contribution in [3.05, 3.63) is 35.4 Å². The second-order valence-electron chi connectivity index (χ2n) is 4.51. The van der Waals surface area contributed by atoms with Gasteiger partial charge in [-0.05, 0) is 30.5 Å². The number of benzene rings is 1. The van der Waals surface area contributed by atoms with Gasteiger partial charge in [-0.3, -0.25) is 0 Å². The van der Waals surface area contributed by atoms with E-state index in [4.69, 9.17) is 0 Å². The van der Waals surface area contributed by atoms with Crippen molar-refractivity contribution in [1.82, 2.24) is 5.32 Å². The minimum atomic E-state index is -2.95. The molecule has 1 heterocycles. The van der Waals surface area contributed by atoms with Gasteiger partial charge >= 0.3 is 0 Å². The summed E-state index contributed by atoms with van der Waals surface area (Å²) in [6.45, 7) is 0.699. The molecule has 0 radical (unpaired) electrons. The van der Waals surface area contributed by atoms with E-state index < -0.39 is 21.5 Å². The molecular formula is C12H15F2NO2S. The molecule has 6 heteroatoms. The molecule has 1 aliphatic rings. The van der Waals surface area contributed by atoms with Crippen LogP contribution in [0.4, 0.5) is 8.78 Å². The summed E-state index contributed by atoms with van der Waals surface area (Å²) in [6.07, 6.45) is 1.38. The fourth-order valence-electron chi connectivity index (χ4n) is 2.11. The molecule has 1 N–H and O–H groups in total. The summed E-state index contributed by atoms with van der Waals surface area (Å²) in [7, 11) is -2.95. The third-order valence-corrected chi connectivity index (χ3v) is 5.42. The molecule has 0 spiro atoms. The molecule has 0 bridgehead atoms. The van der Waals surface area contributed by atoms with Crippen molar-refractivity contribution >= 4 is 9.84 Å². The van der Waals surface area contributed by atoms with E-state index in [2.05, 4.69) is 5.32 Å². The predicted molar refractivity (Wildman–Crippen MR) is 64.9 cm³/mol. The molecule has 1 fully saturated rings. The highest BCUT2D eigenvalue weighted by molar-refractivity contribution is 7.92. The van der Waals surface area contributed by atoms with Gasteiger partial charge in [0.25, 0.3) is 0 Å². The first-order chi connectivity index (χ1) is 8.49. The molecule has 18 heavy (non-hydrogen) atoms. The Hall–Kier alpha value is -1.01. The zero-order valence-corrected chi connectivity index (χ0v) is 10.6. The summed E-state index contributed by atoms with van der Waals surface area (Å²) in [4.78, 5) is 0. The Morgan fingerprint density at radius 3 is 2.67 bits per heavy atom. The Labute approximate surface area is 105 Å². The Balaban J connectivity index is 1.87. The fourth-order valence-corrected chi connectivity index (χ4v) is 3.91. The highest BCUT2D eigenvalue weighted by Gasteiger charge is 2.30. The quantitative estimate of drug-likeness (QED) is 0.908. The van der Waals surface area contributed by atoms with Gasteiger partial charge in [-0.25, -0.2) is 17.2 Å². The van der Waals surface area contributed by atoms with E-state index in [0.717, 1.165) is 12.1 Å². The SMILES string of the molecule is O=S1(=O)CCCC1CNCc1ccc(F)c(F)c1. The zero-order valence-electron chi connectivity index (χ0n) is 9.83. The number of hydrogen-bond donors (Lipinski definition) is 1. The van der Waals surface area contributed by atoms with Crippen LogP contribution in [0.15, 0.2) is 18.2 Å². The third-order valence-electron chi connectivity index (χ3n) is 3.15. The van der Waals surface area contributed by atoms with E-state index in [1.54, 1.807) is 0 Å². The molecule has 0 aromatic heterocycles. The van der Waals surface area contributed by atoms with E-state index in [0.29, 0.717) is 31.5 Å². The number of nitrogens with one attached hydrogen (secondary N) is 1. The number of sulfone groups is 1. The predicted octanol–water partition coefficient (Wildman–Crippen LogP) is 1.63. The van der Waals surface area contributed by atoms with E-state index in [1.165, 1.54) is 6.07 Å². The van der Waals surface area contributed by atoms with Crippen LogP contribution < -0.4 is 5.32 Å². The number of halogens is 2. The maximum Gasteiger partial charge on any atom is 0.159 e. The van der Waals surface area contributed by atoms with Crippen LogP contribution in [-0.4, -0.2) is 26.0 Å². The zero-order chi connectivity index (χ0) is 13.2. The highest BCUT2D eigenvalue weighted by Crippen LogP contribution is 2.19. The Morgan fingerprint density at radius 2 is 2.06 bits per heavy atom. The van der Waals surface area contributed by atoms with Gasteiger partial charge < -0.3 is 5.32 Å². The topological polar surface area (TPSA) is 46.2 Å².